The highest BCUT2D eigenvalue weighted by molar-refractivity contribution is 4.61. The lowest BCUT2D eigenvalue weighted by molar-refractivity contribution is -0.102. The van der Waals surface area contributed by atoms with Gasteiger partial charge in [0.25, 0.3) is 0 Å². The van der Waals surface area contributed by atoms with Crippen molar-refractivity contribution in [3.63, 3.8) is 0 Å². The maximum atomic E-state index is 9.58. The number of aliphatic hydroxyl groups excluding tert-OH is 1. The third-order valence-electron chi connectivity index (χ3n) is 3.71. The SMILES string of the molecule is CCCCCCCCCCCCOC(C(C)O)N(C)C. The van der Waals surface area contributed by atoms with Gasteiger partial charge in [-0.2, -0.15) is 0 Å². The molecule has 0 fully saturated rings. The van der Waals surface area contributed by atoms with E-state index in [2.05, 4.69) is 6.92 Å². The average molecular weight is 287 g/mol. The second-order valence-electron chi connectivity index (χ2n) is 6.15. The van der Waals surface area contributed by atoms with Gasteiger partial charge in [0, 0.05) is 6.61 Å². The number of likely N-dealkylation sites (N-methyl/N-ethyl adjacent to an activating group) is 1. The first-order chi connectivity index (χ1) is 9.59. The molecule has 2 atom stereocenters. The summed E-state index contributed by atoms with van der Waals surface area (Å²) in [7, 11) is 3.88. The van der Waals surface area contributed by atoms with Gasteiger partial charge in [-0.05, 0) is 27.4 Å². The molecule has 20 heavy (non-hydrogen) atoms. The van der Waals surface area contributed by atoms with Crippen molar-refractivity contribution in [2.75, 3.05) is 20.7 Å². The largest absolute Gasteiger partial charge is 0.389 e. The molecule has 1 N–H and O–H groups in total. The van der Waals surface area contributed by atoms with Gasteiger partial charge in [0.05, 0.1) is 6.10 Å². The monoisotopic (exact) mass is 287 g/mol. The van der Waals surface area contributed by atoms with Crippen LogP contribution in [0.15, 0.2) is 0 Å². The Hall–Kier alpha value is -0.120. The van der Waals surface area contributed by atoms with E-state index in [1.807, 2.05) is 19.0 Å². The molecule has 0 aromatic rings. The number of unbranched alkanes of at least 4 members (excludes halogenated alkanes) is 9. The van der Waals surface area contributed by atoms with Gasteiger partial charge in [0.1, 0.15) is 6.23 Å². The molecule has 0 aliphatic heterocycles. The van der Waals surface area contributed by atoms with Crippen LogP contribution in [0.25, 0.3) is 0 Å². The van der Waals surface area contributed by atoms with E-state index in [-0.39, 0.29) is 6.23 Å². The maximum absolute atomic E-state index is 9.58. The Morgan fingerprint density at radius 1 is 0.850 bits per heavy atom. The zero-order valence-electron chi connectivity index (χ0n) is 14.2. The Balaban J connectivity index is 3.27. The Morgan fingerprint density at radius 2 is 1.30 bits per heavy atom. The van der Waals surface area contributed by atoms with E-state index in [9.17, 15) is 5.11 Å². The van der Waals surface area contributed by atoms with Crippen LogP contribution in [-0.2, 0) is 4.74 Å². The zero-order valence-corrected chi connectivity index (χ0v) is 14.2. The third-order valence-corrected chi connectivity index (χ3v) is 3.71. The molecule has 0 heterocycles. The highest BCUT2D eigenvalue weighted by atomic mass is 16.5. The summed E-state index contributed by atoms with van der Waals surface area (Å²) in [5.41, 5.74) is 0. The van der Waals surface area contributed by atoms with Gasteiger partial charge in [0.2, 0.25) is 0 Å². The molecule has 122 valence electrons. The summed E-state index contributed by atoms with van der Waals surface area (Å²) in [6.45, 7) is 4.80. The summed E-state index contributed by atoms with van der Waals surface area (Å²) in [4.78, 5) is 1.93. The second kappa shape index (κ2) is 13.8. The van der Waals surface area contributed by atoms with E-state index >= 15 is 0 Å². The first-order valence-electron chi connectivity index (χ1n) is 8.55. The van der Waals surface area contributed by atoms with Gasteiger partial charge in [-0.1, -0.05) is 64.7 Å². The van der Waals surface area contributed by atoms with E-state index in [0.29, 0.717) is 0 Å². The molecule has 0 bridgehead atoms. The number of rotatable bonds is 14. The molecule has 0 aromatic carbocycles. The van der Waals surface area contributed by atoms with Crippen LogP contribution in [0, 0.1) is 0 Å². The smallest absolute Gasteiger partial charge is 0.136 e. The molecule has 0 saturated carbocycles. The molecule has 0 amide bonds. The second-order valence-corrected chi connectivity index (χ2v) is 6.15. The summed E-state index contributed by atoms with van der Waals surface area (Å²) >= 11 is 0. The van der Waals surface area contributed by atoms with E-state index in [1.54, 1.807) is 6.92 Å². The van der Waals surface area contributed by atoms with Crippen molar-refractivity contribution in [3.8, 4) is 0 Å². The van der Waals surface area contributed by atoms with Crippen LogP contribution in [0.4, 0.5) is 0 Å². The molecular weight excluding hydrogens is 250 g/mol. The molecule has 2 unspecified atom stereocenters. The summed E-state index contributed by atoms with van der Waals surface area (Å²) in [5, 5.41) is 9.58. The van der Waals surface area contributed by atoms with Gasteiger partial charge < -0.3 is 9.84 Å². The fourth-order valence-electron chi connectivity index (χ4n) is 2.51. The van der Waals surface area contributed by atoms with E-state index in [0.717, 1.165) is 13.0 Å². The Morgan fingerprint density at radius 3 is 1.70 bits per heavy atom. The van der Waals surface area contributed by atoms with E-state index in [4.69, 9.17) is 4.74 Å². The van der Waals surface area contributed by atoms with Crippen molar-refractivity contribution in [2.45, 2.75) is 90.4 Å². The van der Waals surface area contributed by atoms with Gasteiger partial charge in [0.15, 0.2) is 0 Å². The fourth-order valence-corrected chi connectivity index (χ4v) is 2.51. The molecule has 0 aliphatic rings. The lowest BCUT2D eigenvalue weighted by Crippen LogP contribution is -2.39. The van der Waals surface area contributed by atoms with Crippen LogP contribution in [0.5, 0.6) is 0 Å². The zero-order chi connectivity index (χ0) is 15.2. The Bertz CT molecular complexity index is 187. The van der Waals surface area contributed by atoms with Crippen molar-refractivity contribution < 1.29 is 9.84 Å². The summed E-state index contributed by atoms with van der Waals surface area (Å²) in [6, 6.07) is 0. The molecule has 0 aromatic heterocycles. The lowest BCUT2D eigenvalue weighted by atomic mass is 10.1. The number of hydrogen-bond donors (Lipinski definition) is 1. The summed E-state index contributed by atoms with van der Waals surface area (Å²) in [5.74, 6) is 0. The van der Waals surface area contributed by atoms with Crippen LogP contribution < -0.4 is 0 Å². The van der Waals surface area contributed by atoms with Gasteiger partial charge >= 0.3 is 0 Å². The molecule has 0 rings (SSSR count). The van der Waals surface area contributed by atoms with Crippen molar-refractivity contribution in [1.82, 2.24) is 4.90 Å². The van der Waals surface area contributed by atoms with E-state index in [1.165, 1.54) is 57.8 Å². The number of aliphatic hydroxyl groups is 1. The predicted octanol–water partition coefficient (Wildman–Crippen LogP) is 4.19. The minimum Gasteiger partial charge on any atom is -0.389 e. The molecule has 0 saturated heterocycles. The molecule has 0 aliphatic carbocycles. The molecule has 0 spiro atoms. The topological polar surface area (TPSA) is 32.7 Å². The van der Waals surface area contributed by atoms with Gasteiger partial charge in [-0.15, -0.1) is 0 Å². The van der Waals surface area contributed by atoms with Crippen LogP contribution >= 0.6 is 0 Å². The minimum atomic E-state index is -0.437. The first-order valence-corrected chi connectivity index (χ1v) is 8.55. The highest BCUT2D eigenvalue weighted by Crippen LogP contribution is 2.11. The Labute approximate surface area is 126 Å². The number of nitrogens with zero attached hydrogens (tertiary/aromatic N) is 1. The quantitative estimate of drug-likeness (QED) is 0.384. The number of hydrogen-bond acceptors (Lipinski definition) is 3. The standard InChI is InChI=1S/C17H37NO2/c1-5-6-7-8-9-10-11-12-13-14-15-20-17(16(2)19)18(3)4/h16-17,19H,5-15H2,1-4H3. The minimum absolute atomic E-state index is 0.173. The van der Waals surface area contributed by atoms with E-state index < -0.39 is 6.10 Å². The van der Waals surface area contributed by atoms with Crippen molar-refractivity contribution >= 4 is 0 Å². The lowest BCUT2D eigenvalue weighted by Gasteiger charge is -2.26. The normalized spacial score (nSPS) is 14.7. The molecule has 3 nitrogen and oxygen atoms in total. The molecule has 3 heteroatoms. The Kier molecular flexibility index (Phi) is 13.8. The van der Waals surface area contributed by atoms with Crippen LogP contribution in [0.2, 0.25) is 0 Å². The first kappa shape index (κ1) is 19.9. The van der Waals surface area contributed by atoms with Gasteiger partial charge in [-0.3, -0.25) is 4.90 Å². The average Bonchev–Trinajstić information content (AvgIpc) is 2.39. The maximum Gasteiger partial charge on any atom is 0.136 e. The summed E-state index contributed by atoms with van der Waals surface area (Å²) < 4.78 is 5.71. The van der Waals surface area contributed by atoms with Crippen LogP contribution in [0.1, 0.15) is 78.1 Å². The van der Waals surface area contributed by atoms with Crippen molar-refractivity contribution in [1.29, 1.82) is 0 Å². The van der Waals surface area contributed by atoms with Crippen LogP contribution in [-0.4, -0.2) is 43.0 Å². The molecular formula is C17H37NO2. The predicted molar refractivity (Wildman–Crippen MR) is 87.0 cm³/mol. The van der Waals surface area contributed by atoms with Gasteiger partial charge in [-0.25, -0.2) is 0 Å². The van der Waals surface area contributed by atoms with Crippen molar-refractivity contribution in [3.05, 3.63) is 0 Å². The third kappa shape index (κ3) is 11.7. The molecule has 0 radical (unpaired) electrons. The summed E-state index contributed by atoms with van der Waals surface area (Å²) in [6.07, 6.45) is 12.8. The van der Waals surface area contributed by atoms with Crippen LogP contribution in [0.3, 0.4) is 0 Å². The number of ether oxygens (including phenoxy) is 1. The highest BCUT2D eigenvalue weighted by Gasteiger charge is 2.16. The fraction of sp³-hybridized carbons (Fsp3) is 1.00. The van der Waals surface area contributed by atoms with Crippen molar-refractivity contribution in [2.24, 2.45) is 0 Å².